The molecule has 0 aromatic heterocycles. The normalized spacial score (nSPS) is 9.84. The highest BCUT2D eigenvalue weighted by atomic mass is 16.5. The van der Waals surface area contributed by atoms with Crippen LogP contribution in [0.15, 0.2) is 42.5 Å². The molecule has 0 amide bonds. The predicted octanol–water partition coefficient (Wildman–Crippen LogP) is 3.50. The molecule has 0 aliphatic heterocycles. The average molecular weight is 260 g/mol. The molecule has 0 N–H and O–H groups in total. The molecule has 0 radical (unpaired) electrons. The van der Waals surface area contributed by atoms with Crippen LogP contribution < -0.4 is 18.9 Å². The lowest BCUT2D eigenvalue weighted by Crippen LogP contribution is -1.95. The molecular formula is C15H16O4. The molecule has 2 aromatic rings. The van der Waals surface area contributed by atoms with Crippen molar-refractivity contribution in [2.24, 2.45) is 0 Å². The third-order valence-electron chi connectivity index (χ3n) is 2.66. The van der Waals surface area contributed by atoms with Crippen LogP contribution >= 0.6 is 0 Å². The van der Waals surface area contributed by atoms with Gasteiger partial charge in [0.15, 0.2) is 23.0 Å². The van der Waals surface area contributed by atoms with Gasteiger partial charge >= 0.3 is 0 Å². The number of benzene rings is 2. The fourth-order valence-corrected chi connectivity index (χ4v) is 1.76. The molecule has 4 nitrogen and oxygen atoms in total. The molecule has 0 saturated carbocycles. The summed E-state index contributed by atoms with van der Waals surface area (Å²) in [4.78, 5) is 0. The molecule has 19 heavy (non-hydrogen) atoms. The minimum Gasteiger partial charge on any atom is -0.493 e. The summed E-state index contributed by atoms with van der Waals surface area (Å²) in [5, 5.41) is 0. The molecule has 0 aliphatic rings. The lowest BCUT2D eigenvalue weighted by Gasteiger charge is -2.14. The summed E-state index contributed by atoms with van der Waals surface area (Å²) < 4.78 is 21.6. The van der Waals surface area contributed by atoms with Gasteiger partial charge in [0, 0.05) is 0 Å². The summed E-state index contributed by atoms with van der Waals surface area (Å²) in [6.45, 7) is 0. The monoisotopic (exact) mass is 260 g/mol. The maximum atomic E-state index is 5.83. The molecule has 0 spiro atoms. The van der Waals surface area contributed by atoms with Crippen LogP contribution in [0.1, 0.15) is 0 Å². The zero-order valence-electron chi connectivity index (χ0n) is 11.2. The molecular weight excluding hydrogens is 244 g/mol. The fourth-order valence-electron chi connectivity index (χ4n) is 1.76. The van der Waals surface area contributed by atoms with Crippen LogP contribution in [0.4, 0.5) is 0 Å². The van der Waals surface area contributed by atoms with E-state index in [0.717, 1.165) is 0 Å². The van der Waals surface area contributed by atoms with Gasteiger partial charge < -0.3 is 18.9 Å². The summed E-state index contributed by atoms with van der Waals surface area (Å²) in [5.74, 6) is 3.03. The maximum absolute atomic E-state index is 5.83. The topological polar surface area (TPSA) is 36.9 Å². The van der Waals surface area contributed by atoms with E-state index in [2.05, 4.69) is 0 Å². The van der Waals surface area contributed by atoms with Crippen LogP contribution in [0.25, 0.3) is 0 Å². The van der Waals surface area contributed by atoms with Gasteiger partial charge in [-0.2, -0.15) is 0 Å². The van der Waals surface area contributed by atoms with E-state index < -0.39 is 0 Å². The van der Waals surface area contributed by atoms with Gasteiger partial charge in [-0.3, -0.25) is 0 Å². The van der Waals surface area contributed by atoms with E-state index in [1.165, 1.54) is 0 Å². The van der Waals surface area contributed by atoms with Crippen molar-refractivity contribution in [1.29, 1.82) is 0 Å². The number of para-hydroxylation sites is 3. The molecule has 0 bridgehead atoms. The average Bonchev–Trinajstić information content (AvgIpc) is 2.47. The highest BCUT2D eigenvalue weighted by molar-refractivity contribution is 5.54. The van der Waals surface area contributed by atoms with E-state index in [0.29, 0.717) is 28.7 Å². The van der Waals surface area contributed by atoms with E-state index in [4.69, 9.17) is 18.9 Å². The van der Waals surface area contributed by atoms with Gasteiger partial charge in [-0.15, -0.1) is 0 Å². The van der Waals surface area contributed by atoms with Crippen molar-refractivity contribution in [2.75, 3.05) is 21.3 Å². The Kier molecular flexibility index (Phi) is 4.13. The van der Waals surface area contributed by atoms with Crippen LogP contribution in [0.3, 0.4) is 0 Å². The molecule has 4 heteroatoms. The van der Waals surface area contributed by atoms with Crippen LogP contribution in [0.2, 0.25) is 0 Å². The first-order chi connectivity index (χ1) is 9.30. The molecule has 0 heterocycles. The first-order valence-electron chi connectivity index (χ1n) is 5.82. The molecule has 0 fully saturated rings. The highest BCUT2D eigenvalue weighted by Gasteiger charge is 2.13. The second-order valence-corrected chi connectivity index (χ2v) is 3.74. The van der Waals surface area contributed by atoms with Crippen molar-refractivity contribution in [3.63, 3.8) is 0 Å². The van der Waals surface area contributed by atoms with Crippen LogP contribution in [0.5, 0.6) is 28.7 Å². The Hall–Kier alpha value is -2.36. The molecule has 2 rings (SSSR count). The second-order valence-electron chi connectivity index (χ2n) is 3.74. The molecule has 0 saturated heterocycles. The minimum atomic E-state index is 0.552. The molecule has 0 aliphatic carbocycles. The van der Waals surface area contributed by atoms with Crippen molar-refractivity contribution < 1.29 is 18.9 Å². The lowest BCUT2D eigenvalue weighted by molar-refractivity contribution is 0.330. The third-order valence-corrected chi connectivity index (χ3v) is 2.66. The van der Waals surface area contributed by atoms with Gasteiger partial charge in [-0.05, 0) is 24.3 Å². The number of hydrogen-bond acceptors (Lipinski definition) is 4. The third kappa shape index (κ3) is 2.73. The van der Waals surface area contributed by atoms with E-state index in [1.807, 2.05) is 42.5 Å². The number of methoxy groups -OCH3 is 3. The zero-order valence-corrected chi connectivity index (χ0v) is 11.2. The van der Waals surface area contributed by atoms with Gasteiger partial charge in [-0.25, -0.2) is 0 Å². The first kappa shape index (κ1) is 13.1. The van der Waals surface area contributed by atoms with Crippen molar-refractivity contribution in [3.8, 4) is 28.7 Å². The Balaban J connectivity index is 2.38. The molecule has 0 atom stereocenters. The van der Waals surface area contributed by atoms with Gasteiger partial charge in [0.1, 0.15) is 0 Å². The number of rotatable bonds is 5. The Morgan fingerprint density at radius 3 is 1.79 bits per heavy atom. The van der Waals surface area contributed by atoms with E-state index >= 15 is 0 Å². The summed E-state index contributed by atoms with van der Waals surface area (Å²) in [6, 6.07) is 12.9. The van der Waals surface area contributed by atoms with E-state index in [1.54, 1.807) is 21.3 Å². The van der Waals surface area contributed by atoms with Crippen molar-refractivity contribution in [3.05, 3.63) is 42.5 Å². The quantitative estimate of drug-likeness (QED) is 0.824. The van der Waals surface area contributed by atoms with Crippen molar-refractivity contribution in [1.82, 2.24) is 0 Å². The summed E-state index contributed by atoms with van der Waals surface area (Å²) >= 11 is 0. The molecule has 100 valence electrons. The SMILES string of the molecule is COc1ccccc1Oc1cccc(OC)c1OC. The zero-order chi connectivity index (χ0) is 13.7. The van der Waals surface area contributed by atoms with Crippen molar-refractivity contribution >= 4 is 0 Å². The van der Waals surface area contributed by atoms with E-state index in [-0.39, 0.29) is 0 Å². The Morgan fingerprint density at radius 2 is 1.16 bits per heavy atom. The first-order valence-corrected chi connectivity index (χ1v) is 5.82. The van der Waals surface area contributed by atoms with Gasteiger partial charge in [0.25, 0.3) is 0 Å². The Morgan fingerprint density at radius 1 is 0.579 bits per heavy atom. The van der Waals surface area contributed by atoms with Crippen LogP contribution in [-0.4, -0.2) is 21.3 Å². The summed E-state index contributed by atoms with van der Waals surface area (Å²) in [5.41, 5.74) is 0. The number of hydrogen-bond donors (Lipinski definition) is 0. The van der Waals surface area contributed by atoms with Crippen molar-refractivity contribution in [2.45, 2.75) is 0 Å². The summed E-state index contributed by atoms with van der Waals surface area (Å²) in [7, 11) is 4.77. The largest absolute Gasteiger partial charge is 0.493 e. The van der Waals surface area contributed by atoms with Gasteiger partial charge in [-0.1, -0.05) is 18.2 Å². The van der Waals surface area contributed by atoms with Gasteiger partial charge in [0.05, 0.1) is 21.3 Å². The van der Waals surface area contributed by atoms with Crippen LogP contribution in [-0.2, 0) is 0 Å². The summed E-state index contributed by atoms with van der Waals surface area (Å²) in [6.07, 6.45) is 0. The van der Waals surface area contributed by atoms with Crippen LogP contribution in [0, 0.1) is 0 Å². The van der Waals surface area contributed by atoms with E-state index in [9.17, 15) is 0 Å². The predicted molar refractivity (Wildman–Crippen MR) is 72.6 cm³/mol. The lowest BCUT2D eigenvalue weighted by atomic mass is 10.3. The minimum absolute atomic E-state index is 0.552. The Labute approximate surface area is 112 Å². The molecule has 2 aromatic carbocycles. The number of ether oxygens (including phenoxy) is 4. The molecule has 0 unspecified atom stereocenters. The second kappa shape index (κ2) is 6.00. The smallest absolute Gasteiger partial charge is 0.203 e. The Bertz CT molecular complexity index is 552. The fraction of sp³-hybridized carbons (Fsp3) is 0.200. The van der Waals surface area contributed by atoms with Gasteiger partial charge in [0.2, 0.25) is 5.75 Å². The standard InChI is InChI=1S/C15H16O4/c1-16-11-7-4-5-8-12(11)19-14-10-6-9-13(17-2)15(14)18-3/h4-10H,1-3H3. The highest BCUT2D eigenvalue weighted by Crippen LogP contribution is 2.41. The maximum Gasteiger partial charge on any atom is 0.203 e.